The van der Waals surface area contributed by atoms with Gasteiger partial charge in [-0.3, -0.25) is 4.79 Å². The highest BCUT2D eigenvalue weighted by Gasteiger charge is 2.06. The number of rotatable bonds is 6. The third-order valence-corrected chi connectivity index (χ3v) is 2.79. The van der Waals surface area contributed by atoms with Crippen molar-refractivity contribution >= 4 is 17.6 Å². The van der Waals surface area contributed by atoms with Crippen LogP contribution in [0.1, 0.15) is 38.7 Å². The van der Waals surface area contributed by atoms with Crippen molar-refractivity contribution in [1.82, 2.24) is 10.6 Å². The lowest BCUT2D eigenvalue weighted by Gasteiger charge is -2.10. The summed E-state index contributed by atoms with van der Waals surface area (Å²) in [4.78, 5) is 23.0. The lowest BCUT2D eigenvalue weighted by molar-refractivity contribution is -0.120. The Hall–Kier alpha value is -2.04. The third-order valence-electron chi connectivity index (χ3n) is 2.79. The second-order valence-electron chi connectivity index (χ2n) is 4.94. The average molecular weight is 277 g/mol. The van der Waals surface area contributed by atoms with Crippen molar-refractivity contribution in [3.63, 3.8) is 0 Å². The van der Waals surface area contributed by atoms with E-state index in [0.29, 0.717) is 12.5 Å². The maximum Gasteiger partial charge on any atom is 0.319 e. The molecule has 3 amide bonds. The molecule has 20 heavy (non-hydrogen) atoms. The monoisotopic (exact) mass is 277 g/mol. The van der Waals surface area contributed by atoms with Gasteiger partial charge in [-0.15, -0.1) is 0 Å². The Balaban J connectivity index is 2.42. The molecule has 1 rings (SSSR count). The van der Waals surface area contributed by atoms with Crippen molar-refractivity contribution in [1.29, 1.82) is 0 Å². The Morgan fingerprint density at radius 1 is 1.20 bits per heavy atom. The molecule has 0 aromatic heterocycles. The number of hydrogen-bond acceptors (Lipinski definition) is 2. The molecule has 0 aliphatic carbocycles. The van der Waals surface area contributed by atoms with Crippen LogP contribution in [0.25, 0.3) is 0 Å². The van der Waals surface area contributed by atoms with Crippen molar-refractivity contribution in [2.45, 2.75) is 33.1 Å². The Morgan fingerprint density at radius 2 is 1.95 bits per heavy atom. The van der Waals surface area contributed by atoms with Crippen LogP contribution in [0.5, 0.6) is 0 Å². The van der Waals surface area contributed by atoms with Crippen molar-refractivity contribution < 1.29 is 9.59 Å². The summed E-state index contributed by atoms with van der Waals surface area (Å²) in [6.07, 6.45) is 0.875. The Labute approximate surface area is 120 Å². The first-order valence-corrected chi connectivity index (χ1v) is 6.94. The summed E-state index contributed by atoms with van der Waals surface area (Å²) in [5, 5.41) is 7.94. The largest absolute Gasteiger partial charge is 0.355 e. The van der Waals surface area contributed by atoms with Gasteiger partial charge in [-0.1, -0.05) is 32.9 Å². The Morgan fingerprint density at radius 3 is 2.60 bits per heavy atom. The molecule has 0 aliphatic heterocycles. The van der Waals surface area contributed by atoms with E-state index in [0.717, 1.165) is 17.7 Å². The molecule has 0 heterocycles. The van der Waals surface area contributed by atoms with Crippen molar-refractivity contribution in [2.24, 2.45) is 0 Å². The van der Waals surface area contributed by atoms with E-state index in [9.17, 15) is 9.59 Å². The zero-order valence-corrected chi connectivity index (χ0v) is 12.3. The fourth-order valence-electron chi connectivity index (χ4n) is 1.64. The van der Waals surface area contributed by atoms with Crippen LogP contribution in [0.2, 0.25) is 0 Å². The topological polar surface area (TPSA) is 70.2 Å². The first kappa shape index (κ1) is 16.0. The summed E-state index contributed by atoms with van der Waals surface area (Å²) in [6, 6.07) is 7.30. The van der Waals surface area contributed by atoms with Gasteiger partial charge in [0, 0.05) is 12.2 Å². The molecule has 0 bridgehead atoms. The summed E-state index contributed by atoms with van der Waals surface area (Å²) in [5.41, 5.74) is 1.88. The first-order valence-electron chi connectivity index (χ1n) is 6.94. The van der Waals surface area contributed by atoms with Gasteiger partial charge in [-0.2, -0.15) is 0 Å². The minimum absolute atomic E-state index is 0.0182. The van der Waals surface area contributed by atoms with Crippen LogP contribution in [0.3, 0.4) is 0 Å². The normalized spacial score (nSPS) is 10.2. The van der Waals surface area contributed by atoms with Gasteiger partial charge in [0.2, 0.25) is 5.91 Å². The van der Waals surface area contributed by atoms with Crippen LogP contribution in [0.4, 0.5) is 10.5 Å². The molecule has 0 saturated heterocycles. The summed E-state index contributed by atoms with van der Waals surface area (Å²) in [6.45, 7) is 6.77. The molecule has 0 unspecified atom stereocenters. The van der Waals surface area contributed by atoms with Gasteiger partial charge in [-0.25, -0.2) is 4.79 Å². The second kappa shape index (κ2) is 8.19. The van der Waals surface area contributed by atoms with E-state index >= 15 is 0 Å². The minimum Gasteiger partial charge on any atom is -0.355 e. The summed E-state index contributed by atoms with van der Waals surface area (Å²) in [7, 11) is 0. The van der Waals surface area contributed by atoms with E-state index < -0.39 is 0 Å². The zero-order chi connectivity index (χ0) is 15.0. The highest BCUT2D eigenvalue weighted by atomic mass is 16.2. The van der Waals surface area contributed by atoms with E-state index in [1.165, 1.54) is 0 Å². The van der Waals surface area contributed by atoms with Crippen LogP contribution < -0.4 is 16.0 Å². The molecule has 0 fully saturated rings. The van der Waals surface area contributed by atoms with E-state index in [-0.39, 0.29) is 18.5 Å². The standard InChI is InChI=1S/C15H23N3O2/c1-4-8-16-14(19)10-17-15(20)18-13-7-5-6-12(9-13)11(2)3/h5-7,9,11H,4,8,10H2,1-3H3,(H,16,19)(H2,17,18,20). The van der Waals surface area contributed by atoms with Crippen molar-refractivity contribution in [3.8, 4) is 0 Å². The van der Waals surface area contributed by atoms with Gasteiger partial charge in [0.05, 0.1) is 6.54 Å². The van der Waals surface area contributed by atoms with Crippen molar-refractivity contribution in [2.75, 3.05) is 18.4 Å². The third kappa shape index (κ3) is 5.73. The Kier molecular flexibility index (Phi) is 6.56. The van der Waals surface area contributed by atoms with Crippen LogP contribution in [0, 0.1) is 0 Å². The van der Waals surface area contributed by atoms with E-state index in [4.69, 9.17) is 0 Å². The summed E-state index contributed by atoms with van der Waals surface area (Å²) in [5.74, 6) is 0.220. The minimum atomic E-state index is -0.377. The van der Waals surface area contributed by atoms with Crippen LogP contribution >= 0.6 is 0 Å². The number of nitrogens with one attached hydrogen (secondary N) is 3. The van der Waals surface area contributed by atoms with E-state index in [2.05, 4.69) is 29.8 Å². The van der Waals surface area contributed by atoms with Crippen LogP contribution in [-0.4, -0.2) is 25.0 Å². The first-order chi connectivity index (χ1) is 9.52. The number of carbonyl (C=O) groups excluding carboxylic acids is 2. The maximum atomic E-state index is 11.7. The smallest absolute Gasteiger partial charge is 0.319 e. The predicted molar refractivity (Wildman–Crippen MR) is 80.9 cm³/mol. The van der Waals surface area contributed by atoms with Gasteiger partial charge in [-0.05, 0) is 30.0 Å². The molecule has 1 aromatic rings. The molecule has 5 heteroatoms. The molecular weight excluding hydrogens is 254 g/mol. The number of urea groups is 1. The molecule has 5 nitrogen and oxygen atoms in total. The van der Waals surface area contributed by atoms with Crippen LogP contribution in [-0.2, 0) is 4.79 Å². The van der Waals surface area contributed by atoms with Crippen LogP contribution in [0.15, 0.2) is 24.3 Å². The fraction of sp³-hybridized carbons (Fsp3) is 0.467. The maximum absolute atomic E-state index is 11.7. The van der Waals surface area contributed by atoms with Gasteiger partial charge < -0.3 is 16.0 Å². The molecule has 1 aromatic carbocycles. The molecule has 0 saturated carbocycles. The van der Waals surface area contributed by atoms with E-state index in [1.807, 2.05) is 31.2 Å². The number of hydrogen-bond donors (Lipinski definition) is 3. The quantitative estimate of drug-likeness (QED) is 0.747. The number of benzene rings is 1. The average Bonchev–Trinajstić information content (AvgIpc) is 2.43. The summed E-state index contributed by atoms with van der Waals surface area (Å²) < 4.78 is 0. The second-order valence-corrected chi connectivity index (χ2v) is 4.94. The van der Waals surface area contributed by atoms with Crippen molar-refractivity contribution in [3.05, 3.63) is 29.8 Å². The molecule has 3 N–H and O–H groups in total. The molecule has 0 atom stereocenters. The number of carbonyl (C=O) groups is 2. The van der Waals surface area contributed by atoms with Gasteiger partial charge in [0.15, 0.2) is 0 Å². The highest BCUT2D eigenvalue weighted by Crippen LogP contribution is 2.18. The summed E-state index contributed by atoms with van der Waals surface area (Å²) >= 11 is 0. The predicted octanol–water partition coefficient (Wildman–Crippen LogP) is 2.46. The molecule has 110 valence electrons. The van der Waals surface area contributed by atoms with Gasteiger partial charge in [0.25, 0.3) is 0 Å². The number of amides is 3. The lowest BCUT2D eigenvalue weighted by atomic mass is 10.0. The van der Waals surface area contributed by atoms with Gasteiger partial charge in [0.1, 0.15) is 0 Å². The zero-order valence-electron chi connectivity index (χ0n) is 12.3. The molecule has 0 spiro atoms. The Bertz CT molecular complexity index is 458. The lowest BCUT2D eigenvalue weighted by Crippen LogP contribution is -2.39. The molecule has 0 radical (unpaired) electrons. The fourth-order valence-corrected chi connectivity index (χ4v) is 1.64. The van der Waals surface area contributed by atoms with Gasteiger partial charge >= 0.3 is 6.03 Å². The SMILES string of the molecule is CCCNC(=O)CNC(=O)Nc1cccc(C(C)C)c1. The highest BCUT2D eigenvalue weighted by molar-refractivity contribution is 5.92. The van der Waals surface area contributed by atoms with E-state index in [1.54, 1.807) is 0 Å². The molecule has 0 aliphatic rings. The molecular formula is C15H23N3O2. The number of anilines is 1.